The first-order chi connectivity index (χ1) is 13.5. The number of hydrogen-bond acceptors (Lipinski definition) is 4. The molecule has 0 saturated heterocycles. The molecule has 0 spiro atoms. The second-order valence-electron chi connectivity index (χ2n) is 7.68. The maximum atomic E-state index is 11.7. The molecule has 0 aliphatic rings. The fraction of sp³-hybridized carbons (Fsp3) is 0.217. The van der Waals surface area contributed by atoms with Crippen molar-refractivity contribution in [3.63, 3.8) is 0 Å². The monoisotopic (exact) mass is 412 g/mol. The van der Waals surface area contributed by atoms with Crippen LogP contribution in [0.15, 0.2) is 59.5 Å². The second kappa shape index (κ2) is 7.21. The highest BCUT2D eigenvalue weighted by atomic mass is 32.2. The van der Waals surface area contributed by atoms with Crippen LogP contribution in [-0.2, 0) is 15.5 Å². The van der Waals surface area contributed by atoms with Crippen LogP contribution in [0.3, 0.4) is 0 Å². The van der Waals surface area contributed by atoms with E-state index in [4.69, 9.17) is 0 Å². The highest BCUT2D eigenvalue weighted by Crippen LogP contribution is 2.45. The average Bonchev–Trinajstić information content (AvgIpc) is 2.63. The van der Waals surface area contributed by atoms with Gasteiger partial charge in [-0.25, -0.2) is 0 Å². The second-order valence-corrected chi connectivity index (χ2v) is 9.07. The molecule has 0 bridgehead atoms. The molecule has 0 saturated carbocycles. The summed E-state index contributed by atoms with van der Waals surface area (Å²) in [7, 11) is -4.48. The first-order valence-electron chi connectivity index (χ1n) is 9.15. The molecule has 0 aromatic heterocycles. The van der Waals surface area contributed by atoms with Gasteiger partial charge in [0.15, 0.2) is 0 Å². The van der Waals surface area contributed by atoms with Crippen LogP contribution >= 0.6 is 0 Å². The van der Waals surface area contributed by atoms with Crippen LogP contribution in [0.25, 0.3) is 11.1 Å². The Labute approximate surface area is 171 Å². The van der Waals surface area contributed by atoms with Crippen LogP contribution in [0.2, 0.25) is 0 Å². The molecule has 29 heavy (non-hydrogen) atoms. The van der Waals surface area contributed by atoms with Crippen molar-refractivity contribution >= 4 is 10.1 Å². The minimum Gasteiger partial charge on any atom is -0.507 e. The summed E-state index contributed by atoms with van der Waals surface area (Å²) in [6.45, 7) is 7.44. The Kier molecular flexibility index (Phi) is 5.19. The van der Waals surface area contributed by atoms with Gasteiger partial charge < -0.3 is 10.2 Å². The molecule has 0 atom stereocenters. The summed E-state index contributed by atoms with van der Waals surface area (Å²) < 4.78 is 33.0. The predicted octanol–water partition coefficient (Wildman–Crippen LogP) is 4.95. The van der Waals surface area contributed by atoms with Gasteiger partial charge in [-0.05, 0) is 54.3 Å². The van der Waals surface area contributed by atoms with E-state index in [1.54, 1.807) is 6.07 Å². The molecular formula is C23H24O5S. The van der Waals surface area contributed by atoms with E-state index in [-0.39, 0.29) is 27.5 Å². The molecule has 0 aliphatic carbocycles. The quantitative estimate of drug-likeness (QED) is 0.527. The lowest BCUT2D eigenvalue weighted by atomic mass is 9.74. The highest BCUT2D eigenvalue weighted by Gasteiger charge is 2.29. The third kappa shape index (κ3) is 3.61. The van der Waals surface area contributed by atoms with Crippen molar-refractivity contribution in [3.8, 4) is 22.6 Å². The van der Waals surface area contributed by atoms with E-state index >= 15 is 0 Å². The zero-order valence-electron chi connectivity index (χ0n) is 16.8. The number of aromatic hydroxyl groups is 2. The van der Waals surface area contributed by atoms with E-state index in [1.165, 1.54) is 13.0 Å². The first kappa shape index (κ1) is 20.9. The predicted molar refractivity (Wildman–Crippen MR) is 113 cm³/mol. The average molecular weight is 413 g/mol. The summed E-state index contributed by atoms with van der Waals surface area (Å²) in [5.41, 5.74) is 3.00. The Balaban J connectivity index is 2.33. The van der Waals surface area contributed by atoms with Gasteiger partial charge in [0, 0.05) is 16.5 Å². The Morgan fingerprint density at radius 3 is 1.83 bits per heavy atom. The number of phenolic OH excluding ortho intramolecular Hbond substituents is 2. The Hall–Kier alpha value is -2.83. The molecule has 152 valence electrons. The van der Waals surface area contributed by atoms with Crippen molar-refractivity contribution in [2.75, 3.05) is 0 Å². The largest absolute Gasteiger partial charge is 0.507 e. The van der Waals surface area contributed by atoms with Gasteiger partial charge in [0.05, 0.1) is 4.90 Å². The molecule has 3 rings (SSSR count). The molecule has 0 radical (unpaired) electrons. The lowest BCUT2D eigenvalue weighted by Gasteiger charge is -2.29. The lowest BCUT2D eigenvalue weighted by Crippen LogP contribution is -2.20. The lowest BCUT2D eigenvalue weighted by molar-refractivity contribution is 0.466. The van der Waals surface area contributed by atoms with E-state index in [9.17, 15) is 23.2 Å². The minimum absolute atomic E-state index is 0.0824. The first-order valence-corrected chi connectivity index (χ1v) is 10.6. The van der Waals surface area contributed by atoms with Gasteiger partial charge in [-0.2, -0.15) is 8.42 Å². The van der Waals surface area contributed by atoms with Crippen molar-refractivity contribution in [3.05, 3.63) is 76.9 Å². The topological polar surface area (TPSA) is 94.8 Å². The number of hydrogen-bond donors (Lipinski definition) is 3. The fourth-order valence-corrected chi connectivity index (χ4v) is 4.70. The molecule has 6 heteroatoms. The van der Waals surface area contributed by atoms with Gasteiger partial charge in [0.25, 0.3) is 10.1 Å². The maximum Gasteiger partial charge on any atom is 0.294 e. The Bertz CT molecular complexity index is 1180. The minimum atomic E-state index is -4.48. The number of rotatable bonds is 4. The molecule has 3 aromatic rings. The zero-order valence-corrected chi connectivity index (χ0v) is 17.6. The van der Waals surface area contributed by atoms with E-state index < -0.39 is 15.5 Å². The summed E-state index contributed by atoms with van der Waals surface area (Å²) in [6, 6.07) is 15.6. The van der Waals surface area contributed by atoms with E-state index in [2.05, 4.69) is 13.8 Å². The fourth-order valence-electron chi connectivity index (χ4n) is 3.97. The Morgan fingerprint density at radius 2 is 1.28 bits per heavy atom. The van der Waals surface area contributed by atoms with Crippen LogP contribution in [0, 0.1) is 13.8 Å². The normalized spacial score (nSPS) is 12.2. The van der Waals surface area contributed by atoms with Crippen LogP contribution in [-0.4, -0.2) is 23.2 Å². The van der Waals surface area contributed by atoms with E-state index in [1.807, 2.05) is 43.3 Å². The SMILES string of the molecule is Cc1c(C(C)(C)c2ccccc2)ccc(O)c1-c1c(O)ccc(S(=O)(=O)O)c1C. The molecule has 0 heterocycles. The molecule has 3 N–H and O–H groups in total. The van der Waals surface area contributed by atoms with Gasteiger partial charge in [-0.1, -0.05) is 50.2 Å². The third-order valence-corrected chi connectivity index (χ3v) is 6.53. The van der Waals surface area contributed by atoms with Crippen LogP contribution in [0.1, 0.15) is 36.1 Å². The maximum absolute atomic E-state index is 11.7. The van der Waals surface area contributed by atoms with Crippen molar-refractivity contribution in [1.82, 2.24) is 0 Å². The summed E-state index contributed by atoms with van der Waals surface area (Å²) >= 11 is 0. The molecule has 3 aromatic carbocycles. The molecule has 0 fully saturated rings. The van der Waals surface area contributed by atoms with Crippen molar-refractivity contribution in [2.45, 2.75) is 38.0 Å². The zero-order chi connectivity index (χ0) is 21.6. The number of phenols is 2. The number of benzene rings is 3. The van der Waals surface area contributed by atoms with Crippen LogP contribution in [0.5, 0.6) is 11.5 Å². The standard InChI is InChI=1S/C23H24O5S/c1-14-17(23(3,4)16-8-6-5-7-9-16)10-11-18(24)21(14)22-15(2)20(29(26,27)28)13-12-19(22)25/h5-13,24-25H,1-4H3,(H,26,27,28). The summed E-state index contributed by atoms with van der Waals surface area (Å²) in [5.74, 6) is -0.260. The van der Waals surface area contributed by atoms with E-state index in [0.717, 1.165) is 17.2 Å². The van der Waals surface area contributed by atoms with Gasteiger partial charge in [0.2, 0.25) is 0 Å². The molecule has 0 unspecified atom stereocenters. The highest BCUT2D eigenvalue weighted by molar-refractivity contribution is 7.85. The van der Waals surface area contributed by atoms with Crippen molar-refractivity contribution < 1.29 is 23.2 Å². The van der Waals surface area contributed by atoms with Gasteiger partial charge in [-0.3, -0.25) is 4.55 Å². The molecular weight excluding hydrogens is 388 g/mol. The van der Waals surface area contributed by atoms with Crippen LogP contribution < -0.4 is 0 Å². The summed E-state index contributed by atoms with van der Waals surface area (Å²) in [5, 5.41) is 21.1. The van der Waals surface area contributed by atoms with Gasteiger partial charge >= 0.3 is 0 Å². The summed E-state index contributed by atoms with van der Waals surface area (Å²) in [6.07, 6.45) is 0. The Morgan fingerprint density at radius 1 is 0.759 bits per heavy atom. The summed E-state index contributed by atoms with van der Waals surface area (Å²) in [4.78, 5) is -0.308. The molecule has 5 nitrogen and oxygen atoms in total. The van der Waals surface area contributed by atoms with Crippen molar-refractivity contribution in [2.24, 2.45) is 0 Å². The van der Waals surface area contributed by atoms with E-state index in [0.29, 0.717) is 11.1 Å². The van der Waals surface area contributed by atoms with Crippen molar-refractivity contribution in [1.29, 1.82) is 0 Å². The van der Waals surface area contributed by atoms with Gasteiger partial charge in [-0.15, -0.1) is 0 Å². The smallest absolute Gasteiger partial charge is 0.294 e. The molecule has 0 amide bonds. The third-order valence-electron chi connectivity index (χ3n) is 5.53. The molecule has 0 aliphatic heterocycles. The van der Waals surface area contributed by atoms with Gasteiger partial charge in [0.1, 0.15) is 11.5 Å². The van der Waals surface area contributed by atoms with Crippen LogP contribution in [0.4, 0.5) is 0 Å².